The van der Waals surface area contributed by atoms with Crippen molar-refractivity contribution in [1.29, 1.82) is 0 Å². The zero-order valence-electron chi connectivity index (χ0n) is 22.6. The summed E-state index contributed by atoms with van der Waals surface area (Å²) in [6, 6.07) is 21.2. The summed E-state index contributed by atoms with van der Waals surface area (Å²) in [4.78, 5) is 20.6. The van der Waals surface area contributed by atoms with Crippen molar-refractivity contribution in [2.24, 2.45) is 0 Å². The summed E-state index contributed by atoms with van der Waals surface area (Å²) in [5.41, 5.74) is 4.87. The first-order valence-corrected chi connectivity index (χ1v) is 14.3. The molecule has 38 heavy (non-hydrogen) atoms. The van der Waals surface area contributed by atoms with Gasteiger partial charge in [-0.1, -0.05) is 62.4 Å². The van der Waals surface area contributed by atoms with Gasteiger partial charge in [0.2, 0.25) is 0 Å². The van der Waals surface area contributed by atoms with Gasteiger partial charge in [-0.05, 0) is 71.3 Å². The highest BCUT2D eigenvalue weighted by molar-refractivity contribution is 7.18. The molecular formula is C32H35N3O2S. The van der Waals surface area contributed by atoms with Crippen LogP contribution in [0.25, 0.3) is 21.0 Å². The maximum absolute atomic E-state index is 13.7. The van der Waals surface area contributed by atoms with Crippen LogP contribution in [0.2, 0.25) is 0 Å². The summed E-state index contributed by atoms with van der Waals surface area (Å²) in [6.07, 6.45) is 4.58. The molecule has 1 N–H and O–H groups in total. The SMILES string of the molecule is CC.COc1cccc(CNC2CCc3c(sc4ncn(Cc5c(C)ccc6ccccc56)c(=O)c34)C2)c1. The number of nitrogens with one attached hydrogen (secondary N) is 1. The second-order valence-electron chi connectivity index (χ2n) is 9.62. The average molecular weight is 526 g/mol. The molecule has 5 aromatic rings. The van der Waals surface area contributed by atoms with Crippen LogP contribution in [0.4, 0.5) is 0 Å². The number of benzene rings is 3. The van der Waals surface area contributed by atoms with Crippen molar-refractivity contribution in [2.45, 2.75) is 59.2 Å². The van der Waals surface area contributed by atoms with E-state index < -0.39 is 0 Å². The molecule has 0 fully saturated rings. The van der Waals surface area contributed by atoms with Gasteiger partial charge in [-0.25, -0.2) is 4.98 Å². The smallest absolute Gasteiger partial charge is 0.262 e. The fraction of sp³-hybridized carbons (Fsp3) is 0.312. The van der Waals surface area contributed by atoms with Gasteiger partial charge < -0.3 is 10.1 Å². The summed E-state index contributed by atoms with van der Waals surface area (Å²) in [7, 11) is 1.70. The van der Waals surface area contributed by atoms with Crippen molar-refractivity contribution in [1.82, 2.24) is 14.9 Å². The zero-order valence-corrected chi connectivity index (χ0v) is 23.4. The standard InChI is InChI=1S/C30H29N3O2S.C2H6/c1-19-10-11-21-7-3-4-9-24(21)26(19)17-33-18-32-29-28(30(33)34)25-13-12-22(15-27(25)36-29)31-16-20-6-5-8-23(14-20)35-2;1-2/h3-11,14,18,22,31H,12-13,15-17H2,1-2H3;1-2H3. The quantitative estimate of drug-likeness (QED) is 0.270. The molecule has 0 spiro atoms. The lowest BCUT2D eigenvalue weighted by Crippen LogP contribution is -2.33. The Balaban J connectivity index is 0.00000144. The van der Waals surface area contributed by atoms with E-state index in [1.165, 1.54) is 37.9 Å². The molecule has 196 valence electrons. The van der Waals surface area contributed by atoms with Crippen molar-refractivity contribution < 1.29 is 4.74 Å². The third-order valence-corrected chi connectivity index (χ3v) is 8.53. The van der Waals surface area contributed by atoms with Gasteiger partial charge >= 0.3 is 0 Å². The molecule has 6 heteroatoms. The van der Waals surface area contributed by atoms with E-state index in [0.717, 1.165) is 41.8 Å². The van der Waals surface area contributed by atoms with Gasteiger partial charge in [0.1, 0.15) is 10.6 Å². The second kappa shape index (κ2) is 11.5. The second-order valence-corrected chi connectivity index (χ2v) is 10.7. The number of rotatable bonds is 6. The van der Waals surface area contributed by atoms with Crippen LogP contribution in [0.1, 0.15) is 47.4 Å². The minimum Gasteiger partial charge on any atom is -0.497 e. The van der Waals surface area contributed by atoms with Crippen molar-refractivity contribution in [3.63, 3.8) is 0 Å². The van der Waals surface area contributed by atoms with E-state index in [1.54, 1.807) is 29.3 Å². The molecule has 2 heterocycles. The van der Waals surface area contributed by atoms with E-state index in [1.807, 2.05) is 26.0 Å². The van der Waals surface area contributed by atoms with Crippen LogP contribution in [0, 0.1) is 6.92 Å². The third-order valence-electron chi connectivity index (χ3n) is 7.37. The van der Waals surface area contributed by atoms with E-state index >= 15 is 0 Å². The Labute approximate surface area is 228 Å². The summed E-state index contributed by atoms with van der Waals surface area (Å²) in [5.74, 6) is 0.880. The van der Waals surface area contributed by atoms with E-state index in [-0.39, 0.29) is 5.56 Å². The first-order chi connectivity index (χ1) is 18.6. The van der Waals surface area contributed by atoms with Crippen LogP contribution >= 0.6 is 11.3 Å². The molecule has 0 bridgehead atoms. The first-order valence-electron chi connectivity index (χ1n) is 13.4. The van der Waals surface area contributed by atoms with Crippen LogP contribution in [0.5, 0.6) is 5.75 Å². The topological polar surface area (TPSA) is 56.1 Å². The Kier molecular flexibility index (Phi) is 7.91. The Hall–Kier alpha value is -3.48. The molecule has 3 aromatic carbocycles. The summed E-state index contributed by atoms with van der Waals surface area (Å²) >= 11 is 1.68. The predicted molar refractivity (Wildman–Crippen MR) is 159 cm³/mol. The van der Waals surface area contributed by atoms with Crippen LogP contribution in [0.3, 0.4) is 0 Å². The number of hydrogen-bond acceptors (Lipinski definition) is 5. The maximum atomic E-state index is 13.7. The van der Waals surface area contributed by atoms with Crippen molar-refractivity contribution in [2.75, 3.05) is 7.11 Å². The van der Waals surface area contributed by atoms with Gasteiger partial charge in [-0.3, -0.25) is 9.36 Å². The summed E-state index contributed by atoms with van der Waals surface area (Å²) in [5, 5.41) is 6.92. The lowest BCUT2D eigenvalue weighted by molar-refractivity contribution is 0.413. The fourth-order valence-electron chi connectivity index (χ4n) is 5.36. The zero-order chi connectivity index (χ0) is 26.6. The van der Waals surface area contributed by atoms with E-state index in [4.69, 9.17) is 9.72 Å². The van der Waals surface area contributed by atoms with E-state index in [0.29, 0.717) is 12.6 Å². The molecule has 1 unspecified atom stereocenters. The van der Waals surface area contributed by atoms with Crippen LogP contribution < -0.4 is 15.6 Å². The number of methoxy groups -OCH3 is 1. The lowest BCUT2D eigenvalue weighted by atomic mass is 9.93. The minimum absolute atomic E-state index is 0.0765. The molecule has 0 aliphatic heterocycles. The maximum Gasteiger partial charge on any atom is 0.262 e. The Morgan fingerprint density at radius 2 is 1.95 bits per heavy atom. The van der Waals surface area contributed by atoms with Gasteiger partial charge in [-0.15, -0.1) is 11.3 Å². The largest absolute Gasteiger partial charge is 0.497 e. The van der Waals surface area contributed by atoms with Gasteiger partial charge in [-0.2, -0.15) is 0 Å². The molecule has 0 radical (unpaired) electrons. The van der Waals surface area contributed by atoms with Gasteiger partial charge in [0.25, 0.3) is 5.56 Å². The summed E-state index contributed by atoms with van der Waals surface area (Å²) in [6.45, 7) is 7.45. The molecular weight excluding hydrogens is 490 g/mol. The fourth-order valence-corrected chi connectivity index (χ4v) is 6.62. The highest BCUT2D eigenvalue weighted by atomic mass is 32.1. The van der Waals surface area contributed by atoms with Crippen molar-refractivity contribution in [3.05, 3.63) is 104 Å². The third kappa shape index (κ3) is 5.11. The van der Waals surface area contributed by atoms with Crippen LogP contribution in [-0.2, 0) is 25.9 Å². The van der Waals surface area contributed by atoms with Crippen LogP contribution in [0.15, 0.2) is 71.8 Å². The molecule has 1 aliphatic rings. The number of fused-ring (bicyclic) bond motifs is 4. The number of aromatic nitrogens is 2. The van der Waals surface area contributed by atoms with Gasteiger partial charge in [0, 0.05) is 17.5 Å². The summed E-state index contributed by atoms with van der Waals surface area (Å²) < 4.78 is 7.14. The molecule has 0 saturated carbocycles. The first kappa shape index (κ1) is 26.1. The monoisotopic (exact) mass is 525 g/mol. The lowest BCUT2D eigenvalue weighted by Gasteiger charge is -2.23. The molecule has 2 aromatic heterocycles. The van der Waals surface area contributed by atoms with Gasteiger partial charge in [0.05, 0.1) is 25.4 Å². The molecule has 5 nitrogen and oxygen atoms in total. The normalized spacial score (nSPS) is 14.7. The molecule has 0 saturated heterocycles. The van der Waals surface area contributed by atoms with E-state index in [9.17, 15) is 4.79 Å². The highest BCUT2D eigenvalue weighted by Crippen LogP contribution is 2.34. The van der Waals surface area contributed by atoms with Crippen molar-refractivity contribution >= 4 is 32.3 Å². The number of ether oxygens (including phenoxy) is 1. The van der Waals surface area contributed by atoms with E-state index in [2.05, 4.69) is 60.8 Å². The molecule has 1 aliphatic carbocycles. The van der Waals surface area contributed by atoms with Crippen LogP contribution in [-0.4, -0.2) is 22.7 Å². The van der Waals surface area contributed by atoms with Gasteiger partial charge in [0.15, 0.2) is 0 Å². The Bertz CT molecular complexity index is 1640. The molecule has 1 atom stereocenters. The predicted octanol–water partition coefficient (Wildman–Crippen LogP) is 6.65. The Morgan fingerprint density at radius 1 is 1.11 bits per heavy atom. The highest BCUT2D eigenvalue weighted by Gasteiger charge is 2.25. The minimum atomic E-state index is 0.0765. The Morgan fingerprint density at radius 3 is 2.79 bits per heavy atom. The molecule has 0 amide bonds. The average Bonchev–Trinajstić information content (AvgIpc) is 3.34. The number of nitrogens with zero attached hydrogens (tertiary/aromatic N) is 2. The number of thiophene rings is 1. The van der Waals surface area contributed by atoms with Crippen molar-refractivity contribution in [3.8, 4) is 5.75 Å². The number of aryl methyl sites for hydroxylation is 2. The number of hydrogen-bond donors (Lipinski definition) is 1. The molecule has 6 rings (SSSR count).